The normalized spacial score (nSPS) is 10.5. The van der Waals surface area contributed by atoms with Gasteiger partial charge in [0.1, 0.15) is 11.5 Å². The van der Waals surface area contributed by atoms with E-state index in [1.54, 1.807) is 48.5 Å². The van der Waals surface area contributed by atoms with Crippen molar-refractivity contribution >= 4 is 35.3 Å². The molecule has 0 heterocycles. The first kappa shape index (κ1) is 25.0. The Hall–Kier alpha value is -4.66. The van der Waals surface area contributed by atoms with E-state index in [0.717, 1.165) is 11.1 Å². The number of hydrazone groups is 1. The van der Waals surface area contributed by atoms with Gasteiger partial charge < -0.3 is 20.1 Å². The van der Waals surface area contributed by atoms with E-state index >= 15 is 0 Å². The Morgan fingerprint density at radius 1 is 0.800 bits per heavy atom. The van der Waals surface area contributed by atoms with Gasteiger partial charge in [0.05, 0.1) is 13.3 Å². The number of anilines is 2. The van der Waals surface area contributed by atoms with Crippen molar-refractivity contribution in [3.63, 3.8) is 0 Å². The number of methoxy groups -OCH3 is 1. The second-order valence-corrected chi connectivity index (χ2v) is 7.59. The summed E-state index contributed by atoms with van der Waals surface area (Å²) in [6.45, 7) is 3.85. The van der Waals surface area contributed by atoms with Crippen LogP contribution in [-0.4, -0.2) is 37.7 Å². The van der Waals surface area contributed by atoms with E-state index in [0.29, 0.717) is 28.4 Å². The Balaban J connectivity index is 1.42. The third-order valence-corrected chi connectivity index (χ3v) is 4.97. The molecular weight excluding hydrogens is 448 g/mol. The molecule has 0 bridgehead atoms. The lowest BCUT2D eigenvalue weighted by Gasteiger charge is -2.09. The molecule has 3 aromatic rings. The second kappa shape index (κ2) is 12.0. The fourth-order valence-electron chi connectivity index (χ4n) is 2.89. The largest absolute Gasteiger partial charge is 0.497 e. The van der Waals surface area contributed by atoms with Crippen LogP contribution in [0.2, 0.25) is 0 Å². The molecule has 0 saturated carbocycles. The molecule has 0 saturated heterocycles. The van der Waals surface area contributed by atoms with Crippen molar-refractivity contribution < 1.29 is 23.9 Å². The lowest BCUT2D eigenvalue weighted by atomic mass is 10.1. The van der Waals surface area contributed by atoms with Gasteiger partial charge in [0.2, 0.25) is 0 Å². The van der Waals surface area contributed by atoms with Crippen molar-refractivity contribution in [1.82, 2.24) is 5.43 Å². The maximum absolute atomic E-state index is 12.1. The SMILES string of the molecule is COc1ccc(NC(=O)C(=O)N/N=C\c2ccc(OCC(=O)Nc3ccc(C)c(C)c3)cc2)cc1. The number of carbonyl (C=O) groups excluding carboxylic acids is 3. The van der Waals surface area contributed by atoms with E-state index in [4.69, 9.17) is 9.47 Å². The minimum atomic E-state index is -0.910. The quantitative estimate of drug-likeness (QED) is 0.263. The fourth-order valence-corrected chi connectivity index (χ4v) is 2.89. The number of nitrogens with one attached hydrogen (secondary N) is 3. The highest BCUT2D eigenvalue weighted by molar-refractivity contribution is 6.39. The Bertz CT molecular complexity index is 1220. The fraction of sp³-hybridized carbons (Fsp3) is 0.154. The molecule has 3 aromatic carbocycles. The predicted molar refractivity (Wildman–Crippen MR) is 134 cm³/mol. The maximum Gasteiger partial charge on any atom is 0.329 e. The van der Waals surface area contributed by atoms with E-state index in [9.17, 15) is 14.4 Å². The number of rotatable bonds is 8. The molecule has 9 heteroatoms. The van der Waals surface area contributed by atoms with Crippen LogP contribution in [0.15, 0.2) is 71.8 Å². The number of aryl methyl sites for hydroxylation is 2. The molecule has 0 aliphatic rings. The predicted octanol–water partition coefficient (Wildman–Crippen LogP) is 3.42. The summed E-state index contributed by atoms with van der Waals surface area (Å²) in [5, 5.41) is 9.04. The molecule has 0 aliphatic heterocycles. The van der Waals surface area contributed by atoms with Crippen molar-refractivity contribution in [1.29, 1.82) is 0 Å². The molecule has 0 fully saturated rings. The van der Waals surface area contributed by atoms with Gasteiger partial charge in [-0.15, -0.1) is 0 Å². The standard InChI is InChI=1S/C26H26N4O5/c1-17-4-7-21(14-18(17)2)28-24(31)16-35-23-10-5-19(6-11-23)15-27-30-26(33)25(32)29-20-8-12-22(34-3)13-9-20/h4-15H,16H2,1-3H3,(H,28,31)(H,29,32)(H,30,33)/b27-15-. The maximum atomic E-state index is 12.1. The Kier molecular flexibility index (Phi) is 8.55. The van der Waals surface area contributed by atoms with Gasteiger partial charge in [-0.3, -0.25) is 14.4 Å². The molecule has 180 valence electrons. The van der Waals surface area contributed by atoms with Gasteiger partial charge in [0, 0.05) is 11.4 Å². The van der Waals surface area contributed by atoms with Gasteiger partial charge in [-0.25, -0.2) is 5.43 Å². The van der Waals surface area contributed by atoms with E-state index in [1.165, 1.54) is 13.3 Å². The first-order valence-corrected chi connectivity index (χ1v) is 10.7. The highest BCUT2D eigenvalue weighted by atomic mass is 16.5. The Labute approximate surface area is 203 Å². The zero-order valence-corrected chi connectivity index (χ0v) is 19.6. The molecule has 0 aromatic heterocycles. The highest BCUT2D eigenvalue weighted by Gasteiger charge is 2.12. The van der Waals surface area contributed by atoms with Crippen molar-refractivity contribution in [2.75, 3.05) is 24.4 Å². The van der Waals surface area contributed by atoms with Crippen LogP contribution < -0.4 is 25.5 Å². The minimum Gasteiger partial charge on any atom is -0.497 e. The van der Waals surface area contributed by atoms with Crippen molar-refractivity contribution in [3.05, 3.63) is 83.4 Å². The Morgan fingerprint density at radius 2 is 1.46 bits per heavy atom. The van der Waals surface area contributed by atoms with Gasteiger partial charge in [-0.05, 0) is 91.2 Å². The first-order valence-electron chi connectivity index (χ1n) is 10.7. The average Bonchev–Trinajstić information content (AvgIpc) is 2.86. The summed E-state index contributed by atoms with van der Waals surface area (Å²) < 4.78 is 10.5. The van der Waals surface area contributed by atoms with Gasteiger partial charge in [0.15, 0.2) is 6.61 Å². The monoisotopic (exact) mass is 474 g/mol. The molecule has 3 amide bonds. The van der Waals surface area contributed by atoms with Crippen LogP contribution in [0.5, 0.6) is 11.5 Å². The lowest BCUT2D eigenvalue weighted by Crippen LogP contribution is -2.32. The summed E-state index contributed by atoms with van der Waals surface area (Å²) in [4.78, 5) is 36.0. The van der Waals surface area contributed by atoms with Crippen LogP contribution in [0.25, 0.3) is 0 Å². The topological polar surface area (TPSA) is 118 Å². The summed E-state index contributed by atoms with van der Waals surface area (Å²) in [7, 11) is 1.53. The third-order valence-electron chi connectivity index (χ3n) is 4.97. The second-order valence-electron chi connectivity index (χ2n) is 7.59. The number of hydrogen-bond donors (Lipinski definition) is 3. The highest BCUT2D eigenvalue weighted by Crippen LogP contribution is 2.16. The minimum absolute atomic E-state index is 0.139. The number of hydrogen-bond acceptors (Lipinski definition) is 6. The zero-order chi connectivity index (χ0) is 25.2. The van der Waals surface area contributed by atoms with Crippen LogP contribution >= 0.6 is 0 Å². The number of benzene rings is 3. The molecule has 35 heavy (non-hydrogen) atoms. The molecule has 0 spiro atoms. The van der Waals surface area contributed by atoms with Crippen molar-refractivity contribution in [2.45, 2.75) is 13.8 Å². The van der Waals surface area contributed by atoms with Crippen LogP contribution in [0.1, 0.15) is 16.7 Å². The summed E-state index contributed by atoms with van der Waals surface area (Å²) in [5.41, 5.74) is 6.24. The van der Waals surface area contributed by atoms with Gasteiger partial charge in [0.25, 0.3) is 5.91 Å². The van der Waals surface area contributed by atoms with E-state index in [2.05, 4.69) is 21.2 Å². The van der Waals surface area contributed by atoms with Crippen LogP contribution in [-0.2, 0) is 14.4 Å². The van der Waals surface area contributed by atoms with E-state index in [-0.39, 0.29) is 12.5 Å². The summed E-state index contributed by atoms with van der Waals surface area (Å²) >= 11 is 0. The van der Waals surface area contributed by atoms with Gasteiger partial charge in [-0.2, -0.15) is 5.10 Å². The number of nitrogens with zero attached hydrogens (tertiary/aromatic N) is 1. The first-order chi connectivity index (χ1) is 16.8. The molecule has 0 unspecified atom stereocenters. The molecule has 0 radical (unpaired) electrons. The lowest BCUT2D eigenvalue weighted by molar-refractivity contribution is -0.136. The number of amides is 3. The smallest absolute Gasteiger partial charge is 0.329 e. The van der Waals surface area contributed by atoms with Gasteiger partial charge in [-0.1, -0.05) is 6.07 Å². The molecule has 9 nitrogen and oxygen atoms in total. The number of ether oxygens (including phenoxy) is 2. The van der Waals surface area contributed by atoms with E-state index in [1.807, 2.05) is 32.0 Å². The number of carbonyl (C=O) groups is 3. The third kappa shape index (κ3) is 7.71. The van der Waals surface area contributed by atoms with Crippen molar-refractivity contribution in [2.24, 2.45) is 5.10 Å². The Morgan fingerprint density at radius 3 is 2.11 bits per heavy atom. The van der Waals surface area contributed by atoms with Gasteiger partial charge >= 0.3 is 11.8 Å². The van der Waals surface area contributed by atoms with Crippen LogP contribution in [0.4, 0.5) is 11.4 Å². The molecular formula is C26H26N4O5. The van der Waals surface area contributed by atoms with Crippen LogP contribution in [0.3, 0.4) is 0 Å². The summed E-state index contributed by atoms with van der Waals surface area (Å²) in [6, 6.07) is 19.0. The van der Waals surface area contributed by atoms with E-state index < -0.39 is 11.8 Å². The van der Waals surface area contributed by atoms with Crippen molar-refractivity contribution in [3.8, 4) is 11.5 Å². The summed E-state index contributed by atoms with van der Waals surface area (Å²) in [5.74, 6) is -0.897. The van der Waals surface area contributed by atoms with Crippen LogP contribution in [0, 0.1) is 13.8 Å². The molecule has 3 rings (SSSR count). The summed E-state index contributed by atoms with van der Waals surface area (Å²) in [6.07, 6.45) is 1.38. The average molecular weight is 475 g/mol. The zero-order valence-electron chi connectivity index (χ0n) is 19.6. The molecule has 3 N–H and O–H groups in total. The molecule has 0 aliphatic carbocycles. The molecule has 0 atom stereocenters.